The lowest BCUT2D eigenvalue weighted by Crippen LogP contribution is -2.54. The first kappa shape index (κ1) is 15.3. The minimum atomic E-state index is -0.977. The van der Waals surface area contributed by atoms with Crippen molar-refractivity contribution in [2.45, 2.75) is 45.3 Å². The van der Waals surface area contributed by atoms with Crippen LogP contribution in [0.4, 0.5) is 4.79 Å². The van der Waals surface area contributed by atoms with Gasteiger partial charge in [-0.2, -0.15) is 0 Å². The van der Waals surface area contributed by atoms with Crippen molar-refractivity contribution in [2.24, 2.45) is 11.7 Å². The Labute approximate surface area is 111 Å². The molecule has 0 bridgehead atoms. The number of carbonyl (C=O) groups excluding carboxylic acids is 2. The third kappa shape index (κ3) is 4.11. The van der Waals surface area contributed by atoms with Gasteiger partial charge in [0.2, 0.25) is 5.91 Å². The van der Waals surface area contributed by atoms with Gasteiger partial charge in [-0.15, -0.1) is 0 Å². The highest BCUT2D eigenvalue weighted by Gasteiger charge is 2.39. The van der Waals surface area contributed by atoms with E-state index in [4.69, 9.17) is 15.6 Å². The number of hydrogen-bond donors (Lipinski definition) is 2. The van der Waals surface area contributed by atoms with E-state index in [9.17, 15) is 14.4 Å². The second-order valence-electron chi connectivity index (χ2n) is 5.65. The fourth-order valence-electron chi connectivity index (χ4n) is 2.00. The number of carbonyl (C=O) groups is 3. The van der Waals surface area contributed by atoms with Gasteiger partial charge >= 0.3 is 12.1 Å². The van der Waals surface area contributed by atoms with Crippen molar-refractivity contribution < 1.29 is 24.2 Å². The van der Waals surface area contributed by atoms with Crippen LogP contribution in [0.2, 0.25) is 0 Å². The van der Waals surface area contributed by atoms with Gasteiger partial charge in [-0.25, -0.2) is 4.79 Å². The van der Waals surface area contributed by atoms with Gasteiger partial charge in [-0.3, -0.25) is 14.5 Å². The Morgan fingerprint density at radius 2 is 1.89 bits per heavy atom. The van der Waals surface area contributed by atoms with E-state index in [1.54, 1.807) is 20.8 Å². The molecule has 19 heavy (non-hydrogen) atoms. The maximum absolute atomic E-state index is 12.0. The number of amides is 2. The molecular weight excluding hydrogens is 252 g/mol. The lowest BCUT2D eigenvalue weighted by atomic mass is 9.91. The maximum Gasteiger partial charge on any atom is 0.410 e. The van der Waals surface area contributed by atoms with E-state index in [1.807, 2.05) is 0 Å². The number of nitrogens with zero attached hydrogens (tertiary/aromatic N) is 1. The quantitative estimate of drug-likeness (QED) is 0.763. The smallest absolute Gasteiger partial charge is 0.410 e. The van der Waals surface area contributed by atoms with Crippen LogP contribution in [0.1, 0.15) is 33.6 Å². The summed E-state index contributed by atoms with van der Waals surface area (Å²) in [5, 5.41) is 8.96. The normalized spacial score (nSPS) is 23.8. The largest absolute Gasteiger partial charge is 0.481 e. The number of primary amides is 1. The molecule has 1 saturated heterocycles. The summed E-state index contributed by atoms with van der Waals surface area (Å²) in [6.07, 6.45) is -0.317. The van der Waals surface area contributed by atoms with Crippen LogP contribution in [0.5, 0.6) is 0 Å². The first-order valence-electron chi connectivity index (χ1n) is 6.13. The Morgan fingerprint density at radius 1 is 1.32 bits per heavy atom. The first-order valence-corrected chi connectivity index (χ1v) is 6.13. The summed E-state index contributed by atoms with van der Waals surface area (Å²) >= 11 is 0. The average Bonchev–Trinajstić information content (AvgIpc) is 2.25. The van der Waals surface area contributed by atoms with Gasteiger partial charge in [0.25, 0.3) is 0 Å². The first-order chi connectivity index (χ1) is 8.61. The number of aliphatic carboxylic acids is 1. The standard InChI is InChI=1S/C12H20N2O5/c1-12(2,3)19-11(18)14-5-4-7(10(16)17)6-8(14)9(13)15/h7-8H,4-6H2,1-3H3,(H2,13,15)(H,16,17). The van der Waals surface area contributed by atoms with E-state index >= 15 is 0 Å². The molecule has 0 saturated carbocycles. The van der Waals surface area contributed by atoms with Crippen molar-refractivity contribution in [1.29, 1.82) is 0 Å². The number of hydrogen-bond acceptors (Lipinski definition) is 4. The molecule has 1 aliphatic heterocycles. The summed E-state index contributed by atoms with van der Waals surface area (Å²) < 4.78 is 5.19. The molecule has 0 aromatic heterocycles. The predicted octanol–water partition coefficient (Wildman–Crippen LogP) is 0.572. The van der Waals surface area contributed by atoms with Crippen LogP contribution in [-0.2, 0) is 14.3 Å². The topological polar surface area (TPSA) is 110 Å². The molecule has 7 nitrogen and oxygen atoms in total. The maximum atomic E-state index is 12.0. The van der Waals surface area contributed by atoms with Gasteiger partial charge in [0.05, 0.1) is 5.92 Å². The zero-order chi connectivity index (χ0) is 14.8. The SMILES string of the molecule is CC(C)(C)OC(=O)N1CCC(C(=O)O)CC1C(N)=O. The van der Waals surface area contributed by atoms with Crippen LogP contribution in [0.15, 0.2) is 0 Å². The second kappa shape index (κ2) is 5.46. The zero-order valence-electron chi connectivity index (χ0n) is 11.4. The van der Waals surface area contributed by atoms with E-state index in [-0.39, 0.29) is 13.0 Å². The van der Waals surface area contributed by atoms with Gasteiger partial charge in [0.15, 0.2) is 0 Å². The second-order valence-corrected chi connectivity index (χ2v) is 5.65. The van der Waals surface area contributed by atoms with Crippen LogP contribution in [0.25, 0.3) is 0 Å². The fraction of sp³-hybridized carbons (Fsp3) is 0.750. The van der Waals surface area contributed by atoms with E-state index in [1.165, 1.54) is 4.90 Å². The van der Waals surface area contributed by atoms with Crippen LogP contribution in [0, 0.1) is 5.92 Å². The van der Waals surface area contributed by atoms with Crippen LogP contribution < -0.4 is 5.73 Å². The zero-order valence-corrected chi connectivity index (χ0v) is 11.4. The summed E-state index contributed by atoms with van der Waals surface area (Å²) in [7, 11) is 0. The highest BCUT2D eigenvalue weighted by Crippen LogP contribution is 2.25. The summed E-state index contributed by atoms with van der Waals surface area (Å²) in [5.41, 5.74) is 4.56. The summed E-state index contributed by atoms with van der Waals surface area (Å²) in [6, 6.07) is -0.926. The van der Waals surface area contributed by atoms with Crippen molar-refractivity contribution in [2.75, 3.05) is 6.54 Å². The number of carboxylic acid groups (broad SMARTS) is 1. The Bertz CT molecular complexity index is 388. The van der Waals surface area contributed by atoms with Crippen molar-refractivity contribution in [3.63, 3.8) is 0 Å². The molecule has 1 heterocycles. The molecule has 2 atom stereocenters. The van der Waals surface area contributed by atoms with Gasteiger partial charge < -0.3 is 15.6 Å². The predicted molar refractivity (Wildman–Crippen MR) is 66.3 cm³/mol. The monoisotopic (exact) mass is 272 g/mol. The van der Waals surface area contributed by atoms with Crippen LogP contribution in [0.3, 0.4) is 0 Å². The van der Waals surface area contributed by atoms with Gasteiger partial charge in [0, 0.05) is 6.54 Å². The number of piperidine rings is 1. The molecule has 0 spiro atoms. The Balaban J connectivity index is 2.80. The van der Waals surface area contributed by atoms with E-state index < -0.39 is 35.5 Å². The van der Waals surface area contributed by atoms with Crippen molar-refractivity contribution >= 4 is 18.0 Å². The van der Waals surface area contributed by atoms with Gasteiger partial charge in [-0.05, 0) is 33.6 Å². The minimum absolute atomic E-state index is 0.0317. The van der Waals surface area contributed by atoms with Crippen LogP contribution >= 0.6 is 0 Å². The number of carboxylic acids is 1. The van der Waals surface area contributed by atoms with Crippen LogP contribution in [-0.4, -0.2) is 46.2 Å². The third-order valence-electron chi connectivity index (χ3n) is 2.91. The molecule has 0 radical (unpaired) electrons. The number of rotatable bonds is 2. The molecular formula is C12H20N2O5. The fourth-order valence-corrected chi connectivity index (χ4v) is 2.00. The summed E-state index contributed by atoms with van der Waals surface area (Å²) in [5.74, 6) is -2.34. The molecule has 1 fully saturated rings. The molecule has 108 valence electrons. The lowest BCUT2D eigenvalue weighted by molar-refractivity contribution is -0.145. The number of ether oxygens (including phenoxy) is 1. The molecule has 0 aliphatic carbocycles. The van der Waals surface area contributed by atoms with Gasteiger partial charge in [-0.1, -0.05) is 0 Å². The minimum Gasteiger partial charge on any atom is -0.481 e. The molecule has 1 aliphatic rings. The Kier molecular flexibility index (Phi) is 4.39. The molecule has 7 heteroatoms. The molecule has 2 amide bonds. The molecule has 0 aromatic carbocycles. The lowest BCUT2D eigenvalue weighted by Gasteiger charge is -2.37. The average molecular weight is 272 g/mol. The molecule has 0 aromatic rings. The summed E-state index contributed by atoms with van der Waals surface area (Å²) in [6.45, 7) is 5.30. The van der Waals surface area contributed by atoms with Gasteiger partial charge in [0.1, 0.15) is 11.6 Å². The summed E-state index contributed by atoms with van der Waals surface area (Å²) in [4.78, 5) is 35.5. The van der Waals surface area contributed by atoms with Crippen molar-refractivity contribution in [1.82, 2.24) is 4.90 Å². The van der Waals surface area contributed by atoms with Crippen molar-refractivity contribution in [3.8, 4) is 0 Å². The van der Waals surface area contributed by atoms with E-state index in [2.05, 4.69) is 0 Å². The molecule has 1 rings (SSSR count). The number of likely N-dealkylation sites (tertiary alicyclic amines) is 1. The highest BCUT2D eigenvalue weighted by atomic mass is 16.6. The molecule has 3 N–H and O–H groups in total. The van der Waals surface area contributed by atoms with Crippen molar-refractivity contribution in [3.05, 3.63) is 0 Å². The molecule has 2 unspecified atom stereocenters. The Hall–Kier alpha value is -1.79. The Morgan fingerprint density at radius 3 is 2.32 bits per heavy atom. The number of nitrogens with two attached hydrogens (primary N) is 1. The van der Waals surface area contributed by atoms with E-state index in [0.29, 0.717) is 6.42 Å². The third-order valence-corrected chi connectivity index (χ3v) is 2.91. The van der Waals surface area contributed by atoms with E-state index in [0.717, 1.165) is 0 Å². The highest BCUT2D eigenvalue weighted by molar-refractivity contribution is 5.85.